The van der Waals surface area contributed by atoms with Crippen LogP contribution >= 0.6 is 15.9 Å². The second-order valence-electron chi connectivity index (χ2n) is 3.77. The Balaban J connectivity index is 1.90. The Morgan fingerprint density at radius 3 is 2.62 bits per heavy atom. The molecule has 2 rings (SSSR count). The molecule has 1 aromatic rings. The van der Waals surface area contributed by atoms with Gasteiger partial charge in [-0.2, -0.15) is 0 Å². The topological polar surface area (TPSA) is 12.9 Å². The quantitative estimate of drug-likeness (QED) is 0.739. The van der Waals surface area contributed by atoms with Crippen LogP contribution in [0.15, 0.2) is 24.5 Å². The number of pyridine rings is 1. The van der Waals surface area contributed by atoms with Crippen LogP contribution in [0.1, 0.15) is 24.8 Å². The van der Waals surface area contributed by atoms with Crippen molar-refractivity contribution in [2.45, 2.75) is 30.5 Å². The molecule has 0 spiro atoms. The van der Waals surface area contributed by atoms with E-state index >= 15 is 0 Å². The molecule has 1 unspecified atom stereocenters. The van der Waals surface area contributed by atoms with E-state index in [1.807, 2.05) is 12.4 Å². The van der Waals surface area contributed by atoms with Gasteiger partial charge in [-0.25, -0.2) is 0 Å². The van der Waals surface area contributed by atoms with E-state index in [4.69, 9.17) is 0 Å². The van der Waals surface area contributed by atoms with Crippen molar-refractivity contribution in [3.63, 3.8) is 0 Å². The molecule has 70 valence electrons. The Morgan fingerprint density at radius 1 is 1.38 bits per heavy atom. The first kappa shape index (κ1) is 9.20. The zero-order chi connectivity index (χ0) is 9.10. The number of aromatic nitrogens is 1. The van der Waals surface area contributed by atoms with Crippen LogP contribution in [0.25, 0.3) is 0 Å². The third-order valence-corrected chi connectivity index (χ3v) is 3.91. The molecule has 0 radical (unpaired) electrons. The maximum absolute atomic E-state index is 4.02. The van der Waals surface area contributed by atoms with Gasteiger partial charge >= 0.3 is 0 Å². The van der Waals surface area contributed by atoms with Gasteiger partial charge in [0, 0.05) is 17.2 Å². The lowest BCUT2D eigenvalue weighted by molar-refractivity contribution is 0.308. The number of nitrogens with zero attached hydrogens (tertiary/aromatic N) is 1. The molecule has 13 heavy (non-hydrogen) atoms. The number of halogens is 1. The highest BCUT2D eigenvalue weighted by Gasteiger charge is 2.24. The maximum Gasteiger partial charge on any atom is 0.0270 e. The Hall–Kier alpha value is -0.370. The van der Waals surface area contributed by atoms with Crippen molar-refractivity contribution < 1.29 is 0 Å². The lowest BCUT2D eigenvalue weighted by Gasteiger charge is -2.30. The summed E-state index contributed by atoms with van der Waals surface area (Å²) in [6, 6.07) is 4.21. The molecule has 1 heterocycles. The molecule has 0 amide bonds. The average molecular weight is 240 g/mol. The Morgan fingerprint density at radius 2 is 2.08 bits per heavy atom. The van der Waals surface area contributed by atoms with Gasteiger partial charge in [0.2, 0.25) is 0 Å². The number of rotatable bonds is 3. The Labute approximate surface area is 87.7 Å². The van der Waals surface area contributed by atoms with E-state index in [1.54, 1.807) is 0 Å². The lowest BCUT2D eigenvalue weighted by atomic mass is 9.81. The van der Waals surface area contributed by atoms with Gasteiger partial charge in [-0.1, -0.05) is 22.4 Å². The van der Waals surface area contributed by atoms with Gasteiger partial charge in [-0.15, -0.1) is 0 Å². The van der Waals surface area contributed by atoms with Gasteiger partial charge in [-0.05, 0) is 42.9 Å². The first-order valence-corrected chi connectivity index (χ1v) is 5.81. The van der Waals surface area contributed by atoms with Crippen molar-refractivity contribution in [2.75, 3.05) is 0 Å². The Kier molecular flexibility index (Phi) is 2.99. The summed E-state index contributed by atoms with van der Waals surface area (Å²) >= 11 is 3.77. The van der Waals surface area contributed by atoms with Gasteiger partial charge in [0.05, 0.1) is 0 Å². The molecule has 2 heteroatoms. The predicted octanol–water partition coefficient (Wildman–Crippen LogP) is 3.19. The minimum atomic E-state index is 0.670. The SMILES string of the molecule is BrC(Cc1ccncc1)C1CCC1. The number of hydrogen-bond donors (Lipinski definition) is 0. The fraction of sp³-hybridized carbons (Fsp3) is 0.545. The van der Waals surface area contributed by atoms with E-state index in [2.05, 4.69) is 33.0 Å². The molecule has 0 aromatic carbocycles. The van der Waals surface area contributed by atoms with E-state index in [0.29, 0.717) is 4.83 Å². The number of hydrogen-bond acceptors (Lipinski definition) is 1. The highest BCUT2D eigenvalue weighted by Crippen LogP contribution is 2.34. The molecular weight excluding hydrogens is 226 g/mol. The molecule has 1 aliphatic rings. The smallest absolute Gasteiger partial charge is 0.0270 e. The fourth-order valence-electron chi connectivity index (χ4n) is 1.71. The zero-order valence-corrected chi connectivity index (χ0v) is 9.20. The van der Waals surface area contributed by atoms with Crippen molar-refractivity contribution in [1.82, 2.24) is 4.98 Å². The van der Waals surface area contributed by atoms with Crippen molar-refractivity contribution in [1.29, 1.82) is 0 Å². The summed E-state index contributed by atoms with van der Waals surface area (Å²) in [7, 11) is 0. The number of alkyl halides is 1. The van der Waals surface area contributed by atoms with Crippen LogP contribution in [-0.2, 0) is 6.42 Å². The van der Waals surface area contributed by atoms with Gasteiger partial charge in [0.25, 0.3) is 0 Å². The van der Waals surface area contributed by atoms with Crippen molar-refractivity contribution >= 4 is 15.9 Å². The molecule has 1 atom stereocenters. The minimum absolute atomic E-state index is 0.670. The average Bonchev–Trinajstić information content (AvgIpc) is 2.02. The highest BCUT2D eigenvalue weighted by molar-refractivity contribution is 9.09. The van der Waals surface area contributed by atoms with Crippen LogP contribution in [0.4, 0.5) is 0 Å². The van der Waals surface area contributed by atoms with Crippen LogP contribution in [0.2, 0.25) is 0 Å². The molecule has 1 saturated carbocycles. The largest absolute Gasteiger partial charge is 0.265 e. The third kappa shape index (κ3) is 2.31. The molecular formula is C11H14BrN. The molecule has 0 bridgehead atoms. The molecule has 1 aromatic heterocycles. The molecule has 1 aliphatic carbocycles. The van der Waals surface area contributed by atoms with E-state index in [-0.39, 0.29) is 0 Å². The van der Waals surface area contributed by atoms with Gasteiger partial charge in [-0.3, -0.25) is 4.98 Å². The molecule has 0 saturated heterocycles. The van der Waals surface area contributed by atoms with Crippen LogP contribution < -0.4 is 0 Å². The van der Waals surface area contributed by atoms with Gasteiger partial charge in [0.15, 0.2) is 0 Å². The lowest BCUT2D eigenvalue weighted by Crippen LogP contribution is -2.23. The summed E-state index contributed by atoms with van der Waals surface area (Å²) in [5, 5.41) is 0. The first-order chi connectivity index (χ1) is 6.36. The maximum atomic E-state index is 4.02. The molecule has 1 nitrogen and oxygen atoms in total. The Bertz CT molecular complexity index is 256. The summed E-state index contributed by atoms with van der Waals surface area (Å²) < 4.78 is 0. The fourth-order valence-corrected chi connectivity index (χ4v) is 2.61. The summed E-state index contributed by atoms with van der Waals surface area (Å²) in [5.74, 6) is 0.910. The van der Waals surface area contributed by atoms with E-state index < -0.39 is 0 Å². The van der Waals surface area contributed by atoms with Crippen molar-refractivity contribution in [2.24, 2.45) is 5.92 Å². The standard InChI is InChI=1S/C11H14BrN/c12-11(10-2-1-3-10)8-9-4-6-13-7-5-9/h4-7,10-11H,1-3,8H2. The normalized spacial score (nSPS) is 19.5. The van der Waals surface area contributed by atoms with E-state index in [1.165, 1.54) is 24.8 Å². The van der Waals surface area contributed by atoms with Gasteiger partial charge < -0.3 is 0 Å². The minimum Gasteiger partial charge on any atom is -0.265 e. The van der Waals surface area contributed by atoms with Crippen LogP contribution in [0, 0.1) is 5.92 Å². The molecule has 0 N–H and O–H groups in total. The first-order valence-electron chi connectivity index (χ1n) is 4.89. The summed E-state index contributed by atoms with van der Waals surface area (Å²) in [5.41, 5.74) is 1.39. The summed E-state index contributed by atoms with van der Waals surface area (Å²) in [6.45, 7) is 0. The van der Waals surface area contributed by atoms with Crippen molar-refractivity contribution in [3.05, 3.63) is 30.1 Å². The van der Waals surface area contributed by atoms with Gasteiger partial charge in [0.1, 0.15) is 0 Å². The van der Waals surface area contributed by atoms with Crippen LogP contribution in [-0.4, -0.2) is 9.81 Å². The predicted molar refractivity (Wildman–Crippen MR) is 58.0 cm³/mol. The monoisotopic (exact) mass is 239 g/mol. The van der Waals surface area contributed by atoms with Crippen molar-refractivity contribution in [3.8, 4) is 0 Å². The second kappa shape index (κ2) is 4.23. The van der Waals surface area contributed by atoms with Crippen LogP contribution in [0.5, 0.6) is 0 Å². The molecule has 0 aliphatic heterocycles. The second-order valence-corrected chi connectivity index (χ2v) is 4.94. The highest BCUT2D eigenvalue weighted by atomic mass is 79.9. The molecule has 1 fully saturated rings. The summed E-state index contributed by atoms with van der Waals surface area (Å²) in [6.07, 6.45) is 9.12. The zero-order valence-electron chi connectivity index (χ0n) is 7.62. The summed E-state index contributed by atoms with van der Waals surface area (Å²) in [4.78, 5) is 4.69. The third-order valence-electron chi connectivity index (χ3n) is 2.84. The van der Waals surface area contributed by atoms with E-state index in [0.717, 1.165) is 12.3 Å². The van der Waals surface area contributed by atoms with Crippen LogP contribution in [0.3, 0.4) is 0 Å². The van der Waals surface area contributed by atoms with E-state index in [9.17, 15) is 0 Å².